The molecule has 0 bridgehead atoms. The Kier molecular flexibility index (Phi) is 3.41. The maximum atomic E-state index is 11.9. The third-order valence-corrected chi connectivity index (χ3v) is 4.76. The Morgan fingerprint density at radius 3 is 2.53 bits per heavy atom. The Morgan fingerprint density at radius 1 is 1.47 bits per heavy atom. The number of halogens is 4. The number of rotatable bonds is 2. The summed E-state index contributed by atoms with van der Waals surface area (Å²) in [5.41, 5.74) is -0.838. The van der Waals surface area contributed by atoms with Gasteiger partial charge in [-0.05, 0) is 41.1 Å². The number of hydrogen-bond acceptors (Lipinski definition) is 2. The molecule has 1 saturated carbocycles. The highest BCUT2D eigenvalue weighted by Gasteiger charge is 2.69. The molecule has 0 amide bonds. The summed E-state index contributed by atoms with van der Waals surface area (Å²) in [5.74, 6) is -0.0396. The van der Waals surface area contributed by atoms with E-state index in [4.69, 9.17) is 39.5 Å². The molecule has 0 saturated heterocycles. The second kappa shape index (κ2) is 4.30. The molecule has 0 aliphatic heterocycles. The molecule has 1 aromatic carbocycles. The van der Waals surface area contributed by atoms with Gasteiger partial charge >= 0.3 is 5.97 Å². The Balaban J connectivity index is 2.15. The minimum Gasteiger partial charge on any atom is -0.425 e. The van der Waals surface area contributed by atoms with Gasteiger partial charge in [-0.15, -0.1) is 23.2 Å². The lowest BCUT2D eigenvalue weighted by Gasteiger charge is -2.12. The van der Waals surface area contributed by atoms with Crippen molar-refractivity contribution >= 4 is 56.7 Å². The van der Waals surface area contributed by atoms with Gasteiger partial charge in [0.1, 0.15) is 15.5 Å². The molecule has 92 valence electrons. The first-order valence-electron chi connectivity index (χ1n) is 4.81. The smallest absolute Gasteiger partial charge is 0.320 e. The highest BCUT2D eigenvalue weighted by Crippen LogP contribution is 2.64. The predicted molar refractivity (Wildman–Crippen MR) is 71.9 cm³/mol. The van der Waals surface area contributed by atoms with Gasteiger partial charge in [-0.2, -0.15) is 0 Å². The van der Waals surface area contributed by atoms with Crippen molar-refractivity contribution in [3.63, 3.8) is 0 Å². The number of ether oxygens (including phenoxy) is 1. The molecule has 17 heavy (non-hydrogen) atoms. The average Bonchev–Trinajstić information content (AvgIpc) is 2.72. The largest absolute Gasteiger partial charge is 0.425 e. The monoisotopic (exact) mass is 356 g/mol. The van der Waals surface area contributed by atoms with E-state index < -0.39 is 15.7 Å². The molecule has 0 N–H and O–H groups in total. The summed E-state index contributed by atoms with van der Waals surface area (Å²) < 4.78 is 4.83. The number of hydrogen-bond donors (Lipinski definition) is 0. The third kappa shape index (κ3) is 2.43. The predicted octanol–water partition coefficient (Wildman–Crippen LogP) is 4.59. The van der Waals surface area contributed by atoms with Gasteiger partial charge in [-0.1, -0.05) is 11.6 Å². The summed E-state index contributed by atoms with van der Waals surface area (Å²) in [7, 11) is 0. The van der Waals surface area contributed by atoms with E-state index in [9.17, 15) is 4.79 Å². The van der Waals surface area contributed by atoms with E-state index in [0.29, 0.717) is 21.7 Å². The molecule has 1 aromatic rings. The van der Waals surface area contributed by atoms with E-state index in [-0.39, 0.29) is 0 Å². The van der Waals surface area contributed by atoms with Crippen LogP contribution in [0.4, 0.5) is 0 Å². The zero-order chi connectivity index (χ0) is 12.8. The van der Waals surface area contributed by atoms with E-state index in [2.05, 4.69) is 15.9 Å². The summed E-state index contributed by atoms with van der Waals surface area (Å²) in [6.07, 6.45) is 0.396. The summed E-state index contributed by atoms with van der Waals surface area (Å²) >= 11 is 20.9. The van der Waals surface area contributed by atoms with Crippen LogP contribution in [-0.4, -0.2) is 10.3 Å². The van der Waals surface area contributed by atoms with Crippen LogP contribution >= 0.6 is 50.7 Å². The van der Waals surface area contributed by atoms with E-state index in [0.717, 1.165) is 0 Å². The van der Waals surface area contributed by atoms with E-state index >= 15 is 0 Å². The van der Waals surface area contributed by atoms with Crippen molar-refractivity contribution in [2.75, 3.05) is 0 Å². The average molecular weight is 358 g/mol. The quantitative estimate of drug-likeness (QED) is 0.439. The fraction of sp³-hybridized carbons (Fsp3) is 0.364. The van der Waals surface area contributed by atoms with Crippen molar-refractivity contribution in [3.05, 3.63) is 27.7 Å². The zero-order valence-electron chi connectivity index (χ0n) is 8.77. The van der Waals surface area contributed by atoms with Crippen LogP contribution in [0, 0.1) is 5.41 Å². The summed E-state index contributed by atoms with van der Waals surface area (Å²) in [5, 5.41) is 0.554. The Morgan fingerprint density at radius 2 is 2.06 bits per heavy atom. The molecular formula is C11H8BrCl3O2. The van der Waals surface area contributed by atoms with Gasteiger partial charge in [-0.25, -0.2) is 0 Å². The lowest BCUT2D eigenvalue weighted by Crippen LogP contribution is -2.24. The maximum Gasteiger partial charge on any atom is 0.320 e. The molecule has 6 heteroatoms. The minimum absolute atomic E-state index is 0.396. The fourth-order valence-electron chi connectivity index (χ4n) is 1.39. The van der Waals surface area contributed by atoms with E-state index in [1.165, 1.54) is 0 Å². The second-order valence-electron chi connectivity index (χ2n) is 4.18. The fourth-order valence-corrected chi connectivity index (χ4v) is 2.84. The Labute approximate surface area is 122 Å². The molecule has 0 radical (unpaired) electrons. The summed E-state index contributed by atoms with van der Waals surface area (Å²) in [6, 6.07) is 4.90. The summed E-state index contributed by atoms with van der Waals surface area (Å²) in [4.78, 5) is 11.9. The van der Waals surface area contributed by atoms with Crippen molar-refractivity contribution in [1.29, 1.82) is 0 Å². The number of carbonyl (C=O) groups is 1. The van der Waals surface area contributed by atoms with Crippen LogP contribution in [0.3, 0.4) is 0 Å². The van der Waals surface area contributed by atoms with Crippen LogP contribution in [0.15, 0.2) is 22.7 Å². The van der Waals surface area contributed by atoms with Gasteiger partial charge in [0.15, 0.2) is 0 Å². The van der Waals surface area contributed by atoms with Crippen LogP contribution in [0.2, 0.25) is 5.02 Å². The van der Waals surface area contributed by atoms with Crippen molar-refractivity contribution in [2.24, 2.45) is 5.41 Å². The van der Waals surface area contributed by atoms with Crippen molar-refractivity contribution in [1.82, 2.24) is 0 Å². The highest BCUT2D eigenvalue weighted by molar-refractivity contribution is 9.10. The van der Waals surface area contributed by atoms with Crippen LogP contribution in [0.1, 0.15) is 13.3 Å². The standard InChI is InChI=1S/C11H8BrCl3O2/c1-10(5-11(10,14)15)9(16)17-8-3-2-6(13)4-7(8)12/h2-4H,5H2,1H3. The van der Waals surface area contributed by atoms with Crippen molar-refractivity contribution < 1.29 is 9.53 Å². The minimum atomic E-state index is -1.02. The molecule has 1 aliphatic rings. The SMILES string of the molecule is CC1(C(=O)Oc2ccc(Cl)cc2Br)CC1(Cl)Cl. The summed E-state index contributed by atoms with van der Waals surface area (Å²) in [6.45, 7) is 1.68. The van der Waals surface area contributed by atoms with Crippen molar-refractivity contribution in [2.45, 2.75) is 17.7 Å². The van der Waals surface area contributed by atoms with E-state index in [1.54, 1.807) is 25.1 Å². The van der Waals surface area contributed by atoms with E-state index in [1.807, 2.05) is 0 Å². The van der Waals surface area contributed by atoms with Gasteiger partial charge in [0.2, 0.25) is 0 Å². The first-order chi connectivity index (χ1) is 7.76. The molecule has 1 atom stereocenters. The molecule has 0 spiro atoms. The first kappa shape index (κ1) is 13.5. The molecule has 2 rings (SSSR count). The number of carbonyl (C=O) groups excluding carboxylic acids is 1. The third-order valence-electron chi connectivity index (χ3n) is 2.80. The molecule has 1 aliphatic carbocycles. The van der Waals surface area contributed by atoms with Gasteiger partial charge in [0.25, 0.3) is 0 Å². The topological polar surface area (TPSA) is 26.3 Å². The van der Waals surface area contributed by atoms with Crippen LogP contribution in [0.5, 0.6) is 5.75 Å². The van der Waals surface area contributed by atoms with Crippen LogP contribution < -0.4 is 4.74 Å². The number of alkyl halides is 2. The van der Waals surface area contributed by atoms with Gasteiger partial charge in [0.05, 0.1) is 4.47 Å². The Bertz CT molecular complexity index is 490. The number of benzene rings is 1. The maximum absolute atomic E-state index is 11.9. The molecular weight excluding hydrogens is 350 g/mol. The molecule has 1 unspecified atom stereocenters. The Hall–Kier alpha value is 0.0400. The lowest BCUT2D eigenvalue weighted by atomic mass is 10.1. The number of esters is 1. The van der Waals surface area contributed by atoms with Crippen molar-refractivity contribution in [3.8, 4) is 5.75 Å². The lowest BCUT2D eigenvalue weighted by molar-refractivity contribution is -0.139. The first-order valence-corrected chi connectivity index (χ1v) is 6.74. The van der Waals surface area contributed by atoms with Gasteiger partial charge in [0, 0.05) is 11.4 Å². The van der Waals surface area contributed by atoms with Gasteiger partial charge < -0.3 is 4.74 Å². The zero-order valence-corrected chi connectivity index (χ0v) is 12.6. The molecule has 1 fully saturated rings. The highest BCUT2D eigenvalue weighted by atomic mass is 79.9. The molecule has 2 nitrogen and oxygen atoms in total. The molecule has 0 aromatic heterocycles. The van der Waals surface area contributed by atoms with Crippen LogP contribution in [0.25, 0.3) is 0 Å². The molecule has 0 heterocycles. The normalized spacial score (nSPS) is 25.5. The van der Waals surface area contributed by atoms with Gasteiger partial charge in [-0.3, -0.25) is 4.79 Å². The second-order valence-corrected chi connectivity index (χ2v) is 6.95. The van der Waals surface area contributed by atoms with Crippen LogP contribution in [-0.2, 0) is 4.79 Å².